The molecule has 0 bridgehead atoms. The van der Waals surface area contributed by atoms with Crippen LogP contribution >= 0.6 is 11.3 Å². The predicted octanol–water partition coefficient (Wildman–Crippen LogP) is 3.46. The quantitative estimate of drug-likeness (QED) is 0.780. The van der Waals surface area contributed by atoms with Crippen molar-refractivity contribution < 1.29 is 9.53 Å². The maximum atomic E-state index is 12.0. The van der Waals surface area contributed by atoms with Crippen molar-refractivity contribution in [2.75, 3.05) is 13.7 Å². The average molecular weight is 329 g/mol. The van der Waals surface area contributed by atoms with Gasteiger partial charge in [-0.1, -0.05) is 25.2 Å². The van der Waals surface area contributed by atoms with E-state index in [1.807, 2.05) is 34.9 Å². The van der Waals surface area contributed by atoms with E-state index in [1.165, 1.54) is 0 Å². The third-order valence-corrected chi connectivity index (χ3v) is 4.48. The van der Waals surface area contributed by atoms with Gasteiger partial charge >= 0.3 is 0 Å². The molecule has 6 heteroatoms. The van der Waals surface area contributed by atoms with Gasteiger partial charge in [-0.05, 0) is 35.7 Å². The Hall–Kier alpha value is -2.34. The lowest BCUT2D eigenvalue weighted by Gasteiger charge is -2.05. The highest BCUT2D eigenvalue weighted by molar-refractivity contribution is 7.20. The summed E-state index contributed by atoms with van der Waals surface area (Å²) in [5.74, 6) is 1.13. The van der Waals surface area contributed by atoms with Crippen LogP contribution in [0.25, 0.3) is 15.4 Å². The van der Waals surface area contributed by atoms with Crippen LogP contribution in [-0.4, -0.2) is 28.9 Å². The molecule has 0 spiro atoms. The SMILES string of the molecule is COc1ccc(-c2cn3cc(C(=O)NCC(C)C)nc3s2)cc1. The Morgan fingerprint density at radius 1 is 1.30 bits per heavy atom. The lowest BCUT2D eigenvalue weighted by molar-refractivity contribution is 0.0944. The molecule has 120 valence electrons. The van der Waals surface area contributed by atoms with Gasteiger partial charge in [0.1, 0.15) is 11.4 Å². The van der Waals surface area contributed by atoms with E-state index in [0.29, 0.717) is 18.2 Å². The molecule has 2 aromatic heterocycles. The zero-order chi connectivity index (χ0) is 16.4. The van der Waals surface area contributed by atoms with Gasteiger partial charge in [-0.15, -0.1) is 0 Å². The van der Waals surface area contributed by atoms with Crippen molar-refractivity contribution in [2.45, 2.75) is 13.8 Å². The summed E-state index contributed by atoms with van der Waals surface area (Å²) in [4.78, 5) is 18.4. The Morgan fingerprint density at radius 2 is 2.04 bits per heavy atom. The number of nitrogens with zero attached hydrogens (tertiary/aromatic N) is 2. The molecule has 0 saturated carbocycles. The highest BCUT2D eigenvalue weighted by Crippen LogP contribution is 2.29. The van der Waals surface area contributed by atoms with Crippen molar-refractivity contribution in [3.8, 4) is 16.2 Å². The molecule has 5 nitrogen and oxygen atoms in total. The summed E-state index contributed by atoms with van der Waals surface area (Å²) in [5.41, 5.74) is 1.56. The van der Waals surface area contributed by atoms with E-state index in [1.54, 1.807) is 24.6 Å². The second kappa shape index (κ2) is 6.42. The van der Waals surface area contributed by atoms with Gasteiger partial charge in [0.05, 0.1) is 12.0 Å². The fourth-order valence-corrected chi connectivity index (χ4v) is 3.15. The number of carbonyl (C=O) groups excluding carboxylic acids is 1. The molecular weight excluding hydrogens is 310 g/mol. The van der Waals surface area contributed by atoms with Crippen LogP contribution in [0.1, 0.15) is 24.3 Å². The molecular formula is C17H19N3O2S. The van der Waals surface area contributed by atoms with Gasteiger partial charge < -0.3 is 10.1 Å². The zero-order valence-corrected chi connectivity index (χ0v) is 14.2. The highest BCUT2D eigenvalue weighted by atomic mass is 32.1. The monoisotopic (exact) mass is 329 g/mol. The molecule has 0 aliphatic heterocycles. The average Bonchev–Trinajstić information content (AvgIpc) is 3.11. The van der Waals surface area contributed by atoms with Crippen LogP contribution in [0.5, 0.6) is 5.75 Å². The molecule has 3 rings (SSSR count). The van der Waals surface area contributed by atoms with Gasteiger partial charge in [-0.25, -0.2) is 4.98 Å². The Balaban J connectivity index is 1.81. The Labute approximate surface area is 138 Å². The minimum atomic E-state index is -0.124. The lowest BCUT2D eigenvalue weighted by Crippen LogP contribution is -2.27. The fourth-order valence-electron chi connectivity index (χ4n) is 2.18. The number of thiazole rings is 1. The van der Waals surface area contributed by atoms with Crippen LogP contribution in [0.15, 0.2) is 36.7 Å². The topological polar surface area (TPSA) is 55.6 Å². The number of imidazole rings is 1. The summed E-state index contributed by atoms with van der Waals surface area (Å²) in [5, 5.41) is 2.88. The second-order valence-electron chi connectivity index (χ2n) is 5.74. The summed E-state index contributed by atoms with van der Waals surface area (Å²) in [6.45, 7) is 4.78. The number of aromatic nitrogens is 2. The number of rotatable bonds is 5. The third-order valence-electron chi connectivity index (χ3n) is 3.43. The minimum Gasteiger partial charge on any atom is -0.497 e. The zero-order valence-electron chi connectivity index (χ0n) is 13.4. The van der Waals surface area contributed by atoms with Crippen LogP contribution in [0.3, 0.4) is 0 Å². The van der Waals surface area contributed by atoms with Crippen molar-refractivity contribution in [1.82, 2.24) is 14.7 Å². The van der Waals surface area contributed by atoms with Crippen LogP contribution in [0, 0.1) is 5.92 Å². The molecule has 2 heterocycles. The van der Waals surface area contributed by atoms with Gasteiger partial charge in [-0.2, -0.15) is 0 Å². The van der Waals surface area contributed by atoms with E-state index in [9.17, 15) is 4.79 Å². The van der Waals surface area contributed by atoms with E-state index in [0.717, 1.165) is 21.2 Å². The van der Waals surface area contributed by atoms with Gasteiger partial charge in [0, 0.05) is 18.9 Å². The fraction of sp³-hybridized carbons (Fsp3) is 0.294. The van der Waals surface area contributed by atoms with E-state index in [2.05, 4.69) is 24.1 Å². The number of hydrogen-bond donors (Lipinski definition) is 1. The summed E-state index contributed by atoms with van der Waals surface area (Å²) in [7, 11) is 1.65. The summed E-state index contributed by atoms with van der Waals surface area (Å²) >= 11 is 1.56. The minimum absolute atomic E-state index is 0.124. The Kier molecular flexibility index (Phi) is 4.34. The predicted molar refractivity (Wildman–Crippen MR) is 92.2 cm³/mol. The molecule has 1 amide bonds. The number of ether oxygens (including phenoxy) is 1. The first-order chi connectivity index (χ1) is 11.1. The van der Waals surface area contributed by atoms with Crippen molar-refractivity contribution in [1.29, 1.82) is 0 Å². The maximum Gasteiger partial charge on any atom is 0.271 e. The molecule has 0 unspecified atom stereocenters. The van der Waals surface area contributed by atoms with Gasteiger partial charge in [-0.3, -0.25) is 9.20 Å². The molecule has 3 aromatic rings. The molecule has 1 aromatic carbocycles. The molecule has 1 N–H and O–H groups in total. The van der Waals surface area contributed by atoms with E-state index in [4.69, 9.17) is 4.74 Å². The summed E-state index contributed by atoms with van der Waals surface area (Å²) < 4.78 is 7.07. The van der Waals surface area contributed by atoms with E-state index in [-0.39, 0.29) is 5.91 Å². The van der Waals surface area contributed by atoms with Crippen LogP contribution in [0.4, 0.5) is 0 Å². The number of hydrogen-bond acceptors (Lipinski definition) is 4. The van der Waals surface area contributed by atoms with E-state index >= 15 is 0 Å². The number of fused-ring (bicyclic) bond motifs is 1. The first kappa shape index (κ1) is 15.6. The Morgan fingerprint density at radius 3 is 2.65 bits per heavy atom. The number of amides is 1. The van der Waals surface area contributed by atoms with Gasteiger partial charge in [0.15, 0.2) is 4.96 Å². The molecule has 0 atom stereocenters. The molecule has 0 aliphatic carbocycles. The van der Waals surface area contributed by atoms with Gasteiger partial charge in [0.25, 0.3) is 5.91 Å². The smallest absolute Gasteiger partial charge is 0.271 e. The first-order valence-corrected chi connectivity index (χ1v) is 8.29. The number of carbonyl (C=O) groups is 1. The van der Waals surface area contributed by atoms with Gasteiger partial charge in [0.2, 0.25) is 0 Å². The number of benzene rings is 1. The normalized spacial score (nSPS) is 11.1. The van der Waals surface area contributed by atoms with E-state index < -0.39 is 0 Å². The maximum absolute atomic E-state index is 12.0. The third kappa shape index (κ3) is 3.37. The lowest BCUT2D eigenvalue weighted by atomic mass is 10.2. The van der Waals surface area contributed by atoms with Crippen LogP contribution in [-0.2, 0) is 0 Å². The summed E-state index contributed by atoms with van der Waals surface area (Å²) in [6, 6.07) is 7.89. The summed E-state index contributed by atoms with van der Waals surface area (Å²) in [6.07, 6.45) is 3.77. The molecule has 0 aliphatic rings. The Bertz CT molecular complexity index is 787. The molecule has 0 saturated heterocycles. The van der Waals surface area contributed by atoms with Crippen molar-refractivity contribution in [2.24, 2.45) is 5.92 Å². The first-order valence-electron chi connectivity index (χ1n) is 7.48. The van der Waals surface area contributed by atoms with Crippen molar-refractivity contribution in [3.63, 3.8) is 0 Å². The number of nitrogens with one attached hydrogen (secondary N) is 1. The highest BCUT2D eigenvalue weighted by Gasteiger charge is 2.13. The largest absolute Gasteiger partial charge is 0.497 e. The van der Waals surface area contributed by atoms with Crippen molar-refractivity contribution in [3.05, 3.63) is 42.4 Å². The number of methoxy groups -OCH3 is 1. The second-order valence-corrected chi connectivity index (χ2v) is 6.75. The van der Waals surface area contributed by atoms with Crippen LogP contribution in [0.2, 0.25) is 0 Å². The molecule has 0 fully saturated rings. The van der Waals surface area contributed by atoms with Crippen molar-refractivity contribution >= 4 is 22.2 Å². The van der Waals surface area contributed by atoms with Crippen LogP contribution < -0.4 is 10.1 Å². The molecule has 0 radical (unpaired) electrons. The molecule has 23 heavy (non-hydrogen) atoms. The standard InChI is InChI=1S/C17H19N3O2S/c1-11(2)8-18-16(21)14-9-20-10-15(23-17(20)19-14)12-4-6-13(22-3)7-5-12/h4-7,9-11H,8H2,1-3H3,(H,18,21).